The number of likely N-dealkylation sites (tertiary alicyclic amines) is 1. The van der Waals surface area contributed by atoms with Gasteiger partial charge in [0.15, 0.2) is 0 Å². The van der Waals surface area contributed by atoms with E-state index in [1.54, 1.807) is 0 Å². The summed E-state index contributed by atoms with van der Waals surface area (Å²) >= 11 is 0. The van der Waals surface area contributed by atoms with E-state index in [0.29, 0.717) is 5.41 Å². The number of piperidine rings is 1. The lowest BCUT2D eigenvalue weighted by atomic mass is 10.1. The highest BCUT2D eigenvalue weighted by atomic mass is 15.2. The molecule has 2 aliphatic rings. The van der Waals surface area contributed by atoms with Crippen molar-refractivity contribution in [1.82, 2.24) is 4.90 Å². The summed E-state index contributed by atoms with van der Waals surface area (Å²) in [5.41, 5.74) is 6.28. The van der Waals surface area contributed by atoms with Gasteiger partial charge >= 0.3 is 0 Å². The lowest BCUT2D eigenvalue weighted by Gasteiger charge is -2.16. The van der Waals surface area contributed by atoms with Crippen molar-refractivity contribution in [1.29, 1.82) is 0 Å². The molecule has 2 atom stereocenters. The quantitative estimate of drug-likeness (QED) is 0.597. The second-order valence-electron chi connectivity index (χ2n) is 3.80. The van der Waals surface area contributed by atoms with Gasteiger partial charge in [0.05, 0.1) is 0 Å². The average molecular weight is 140 g/mol. The van der Waals surface area contributed by atoms with E-state index in [1.165, 1.54) is 26.1 Å². The first-order valence-corrected chi connectivity index (χ1v) is 4.23. The molecule has 1 aliphatic carbocycles. The van der Waals surface area contributed by atoms with E-state index in [-0.39, 0.29) is 0 Å². The molecule has 1 saturated heterocycles. The molecule has 0 amide bonds. The van der Waals surface area contributed by atoms with Crippen molar-refractivity contribution in [2.45, 2.75) is 13.3 Å². The molecule has 0 radical (unpaired) electrons. The maximum absolute atomic E-state index is 5.70. The number of hydrogen-bond acceptors (Lipinski definition) is 2. The zero-order valence-electron chi connectivity index (χ0n) is 6.64. The summed E-state index contributed by atoms with van der Waals surface area (Å²) < 4.78 is 0. The molecule has 10 heavy (non-hydrogen) atoms. The first kappa shape index (κ1) is 6.62. The van der Waals surface area contributed by atoms with E-state index in [0.717, 1.165) is 12.5 Å². The van der Waals surface area contributed by atoms with E-state index in [4.69, 9.17) is 5.73 Å². The Balaban J connectivity index is 1.97. The molecule has 2 fully saturated rings. The monoisotopic (exact) mass is 140 g/mol. The third-order valence-corrected chi connectivity index (χ3v) is 3.23. The fraction of sp³-hybridized carbons (Fsp3) is 1.00. The third kappa shape index (κ3) is 0.722. The van der Waals surface area contributed by atoms with Crippen LogP contribution in [0.3, 0.4) is 0 Å². The van der Waals surface area contributed by atoms with Gasteiger partial charge in [-0.1, -0.05) is 6.92 Å². The predicted molar refractivity (Wildman–Crippen MR) is 41.7 cm³/mol. The summed E-state index contributed by atoms with van der Waals surface area (Å²) in [5.74, 6) is 0.956. The van der Waals surface area contributed by atoms with Crippen LogP contribution in [0.2, 0.25) is 0 Å². The van der Waals surface area contributed by atoms with Crippen molar-refractivity contribution in [3.63, 3.8) is 0 Å². The predicted octanol–water partition coefficient (Wildman–Crippen LogP) is 0.287. The Labute approximate surface area is 62.4 Å². The zero-order valence-corrected chi connectivity index (χ0v) is 6.64. The minimum Gasteiger partial charge on any atom is -0.330 e. The molecule has 2 nitrogen and oxygen atoms in total. The Morgan fingerprint density at radius 1 is 1.70 bits per heavy atom. The van der Waals surface area contributed by atoms with Crippen molar-refractivity contribution < 1.29 is 0 Å². The molecule has 0 aromatic carbocycles. The minimum atomic E-state index is 0.579. The van der Waals surface area contributed by atoms with Crippen LogP contribution in [-0.4, -0.2) is 31.1 Å². The third-order valence-electron chi connectivity index (χ3n) is 3.23. The second kappa shape index (κ2) is 1.95. The molecule has 2 N–H and O–H groups in total. The van der Waals surface area contributed by atoms with Gasteiger partial charge in [0.25, 0.3) is 0 Å². The Hall–Kier alpha value is -0.0800. The molecular formula is C8H16N2. The summed E-state index contributed by atoms with van der Waals surface area (Å²) in [6, 6.07) is 0. The Bertz CT molecular complexity index is 142. The molecule has 0 spiro atoms. The van der Waals surface area contributed by atoms with Crippen molar-refractivity contribution in [3.8, 4) is 0 Å². The summed E-state index contributed by atoms with van der Waals surface area (Å²) in [5, 5.41) is 0. The molecule has 58 valence electrons. The van der Waals surface area contributed by atoms with E-state index in [2.05, 4.69) is 11.8 Å². The van der Waals surface area contributed by atoms with Crippen LogP contribution in [0.5, 0.6) is 0 Å². The molecule has 2 heteroatoms. The van der Waals surface area contributed by atoms with E-state index in [9.17, 15) is 0 Å². The first-order chi connectivity index (χ1) is 4.80. The van der Waals surface area contributed by atoms with Gasteiger partial charge in [-0.3, -0.25) is 0 Å². The maximum Gasteiger partial charge on any atom is 0.00533 e. The van der Waals surface area contributed by atoms with Crippen LogP contribution < -0.4 is 5.73 Å². The Morgan fingerprint density at radius 3 is 2.90 bits per heavy atom. The van der Waals surface area contributed by atoms with Crippen LogP contribution >= 0.6 is 0 Å². The largest absolute Gasteiger partial charge is 0.330 e. The van der Waals surface area contributed by atoms with Crippen LogP contribution in [0.25, 0.3) is 0 Å². The van der Waals surface area contributed by atoms with Crippen LogP contribution in [-0.2, 0) is 0 Å². The summed E-state index contributed by atoms with van der Waals surface area (Å²) in [7, 11) is 0. The summed E-state index contributed by atoms with van der Waals surface area (Å²) in [6.07, 6.45) is 1.40. The fourth-order valence-corrected chi connectivity index (χ4v) is 2.26. The molecule has 2 rings (SSSR count). The number of nitrogens with two attached hydrogens (primary N) is 1. The highest BCUT2D eigenvalue weighted by Crippen LogP contribution is 2.56. The van der Waals surface area contributed by atoms with Crippen LogP contribution in [0.15, 0.2) is 0 Å². The summed E-state index contributed by atoms with van der Waals surface area (Å²) in [6.45, 7) is 6.93. The van der Waals surface area contributed by atoms with E-state index >= 15 is 0 Å². The minimum absolute atomic E-state index is 0.579. The van der Waals surface area contributed by atoms with E-state index in [1.807, 2.05) is 0 Å². The molecule has 2 unspecified atom stereocenters. The van der Waals surface area contributed by atoms with Crippen LogP contribution in [0, 0.1) is 11.3 Å². The van der Waals surface area contributed by atoms with Gasteiger partial charge in [0.2, 0.25) is 0 Å². The molecular weight excluding hydrogens is 124 g/mol. The van der Waals surface area contributed by atoms with Crippen molar-refractivity contribution in [2.75, 3.05) is 26.2 Å². The van der Waals surface area contributed by atoms with Gasteiger partial charge in [-0.25, -0.2) is 0 Å². The smallest absolute Gasteiger partial charge is 0.00533 e. The maximum atomic E-state index is 5.70. The average Bonchev–Trinajstić information content (AvgIpc) is 2.55. The van der Waals surface area contributed by atoms with Gasteiger partial charge in [-0.15, -0.1) is 0 Å². The van der Waals surface area contributed by atoms with Gasteiger partial charge in [0.1, 0.15) is 0 Å². The molecule has 1 saturated carbocycles. The molecule has 0 bridgehead atoms. The van der Waals surface area contributed by atoms with Gasteiger partial charge in [-0.2, -0.15) is 0 Å². The van der Waals surface area contributed by atoms with E-state index < -0.39 is 0 Å². The number of nitrogens with zero attached hydrogens (tertiary/aromatic N) is 1. The summed E-state index contributed by atoms with van der Waals surface area (Å²) in [4.78, 5) is 2.51. The normalized spacial score (nSPS) is 45.6. The van der Waals surface area contributed by atoms with Crippen LogP contribution in [0.4, 0.5) is 0 Å². The second-order valence-corrected chi connectivity index (χ2v) is 3.80. The molecule has 1 heterocycles. The number of fused-ring (bicyclic) bond motifs is 1. The lowest BCUT2D eigenvalue weighted by molar-refractivity contribution is 0.296. The first-order valence-electron chi connectivity index (χ1n) is 4.23. The van der Waals surface area contributed by atoms with Gasteiger partial charge in [0, 0.05) is 13.1 Å². The highest BCUT2D eigenvalue weighted by Gasteiger charge is 2.58. The standard InChI is InChI=1S/C8H16N2/c1-2-10-4-7-3-8(7,5-9)6-10/h7H,2-6,9H2,1H3. The molecule has 0 aromatic rings. The lowest BCUT2D eigenvalue weighted by Crippen LogP contribution is -2.28. The van der Waals surface area contributed by atoms with Gasteiger partial charge < -0.3 is 10.6 Å². The van der Waals surface area contributed by atoms with Crippen LogP contribution in [0.1, 0.15) is 13.3 Å². The van der Waals surface area contributed by atoms with Gasteiger partial charge in [-0.05, 0) is 30.8 Å². The Morgan fingerprint density at radius 2 is 2.50 bits per heavy atom. The SMILES string of the molecule is CCN1CC2CC2(CN)C1. The van der Waals surface area contributed by atoms with Crippen molar-refractivity contribution >= 4 is 0 Å². The Kier molecular flexibility index (Phi) is 1.29. The number of rotatable bonds is 2. The molecule has 1 aliphatic heterocycles. The van der Waals surface area contributed by atoms with Crippen molar-refractivity contribution in [2.24, 2.45) is 17.1 Å². The highest BCUT2D eigenvalue weighted by molar-refractivity contribution is 5.10. The zero-order chi connectivity index (χ0) is 7.19. The fourth-order valence-electron chi connectivity index (χ4n) is 2.26. The van der Waals surface area contributed by atoms with Crippen molar-refractivity contribution in [3.05, 3.63) is 0 Å². The molecule has 0 aromatic heterocycles. The number of hydrogen-bond donors (Lipinski definition) is 1. The topological polar surface area (TPSA) is 29.3 Å².